The van der Waals surface area contributed by atoms with Gasteiger partial charge in [0.25, 0.3) is 0 Å². The molecule has 0 fully saturated rings. The molecule has 4 atom stereocenters. The molecule has 2 N–H and O–H groups in total. The summed E-state index contributed by atoms with van der Waals surface area (Å²) in [7, 11) is 0. The van der Waals surface area contributed by atoms with Gasteiger partial charge in [-0.3, -0.25) is 9.59 Å². The second kappa shape index (κ2) is 5.38. The zero-order valence-corrected chi connectivity index (χ0v) is 11.2. The number of carboxylic acids is 2. The lowest BCUT2D eigenvalue weighted by atomic mass is 9.67. The highest BCUT2D eigenvalue weighted by Gasteiger charge is 2.44. The summed E-state index contributed by atoms with van der Waals surface area (Å²) >= 11 is 0. The molecule has 0 aromatic heterocycles. The smallest absolute Gasteiger partial charge is 0.308 e. The predicted molar refractivity (Wildman–Crippen MR) is 68.1 cm³/mol. The van der Waals surface area contributed by atoms with Crippen LogP contribution in [0.4, 0.5) is 0 Å². The number of carboxylic acid groups (broad SMARTS) is 2. The van der Waals surface area contributed by atoms with Crippen molar-refractivity contribution in [2.24, 2.45) is 23.7 Å². The second-order valence-electron chi connectivity index (χ2n) is 5.25. The molecule has 0 bridgehead atoms. The monoisotopic (exact) mass is 252 g/mol. The van der Waals surface area contributed by atoms with Crippen LogP contribution in [0.5, 0.6) is 0 Å². The van der Waals surface area contributed by atoms with Gasteiger partial charge in [0.2, 0.25) is 0 Å². The van der Waals surface area contributed by atoms with E-state index in [1.165, 1.54) is 0 Å². The molecule has 0 amide bonds. The largest absolute Gasteiger partial charge is 0.481 e. The van der Waals surface area contributed by atoms with Gasteiger partial charge < -0.3 is 10.2 Å². The van der Waals surface area contributed by atoms with Crippen LogP contribution >= 0.6 is 0 Å². The van der Waals surface area contributed by atoms with Crippen LogP contribution in [0.15, 0.2) is 23.3 Å². The molecule has 0 saturated carbocycles. The molecule has 0 unspecified atom stereocenters. The van der Waals surface area contributed by atoms with Crippen molar-refractivity contribution >= 4 is 11.9 Å². The Morgan fingerprint density at radius 2 is 1.67 bits per heavy atom. The fourth-order valence-electron chi connectivity index (χ4n) is 2.62. The Morgan fingerprint density at radius 1 is 1.17 bits per heavy atom. The van der Waals surface area contributed by atoms with Gasteiger partial charge in [-0.15, -0.1) is 0 Å². The summed E-state index contributed by atoms with van der Waals surface area (Å²) in [5.74, 6) is -4.42. The van der Waals surface area contributed by atoms with E-state index in [4.69, 9.17) is 0 Å². The van der Waals surface area contributed by atoms with Crippen molar-refractivity contribution in [2.45, 2.75) is 27.7 Å². The summed E-state index contributed by atoms with van der Waals surface area (Å²) in [6.45, 7) is 7.41. The van der Waals surface area contributed by atoms with Gasteiger partial charge in [0.15, 0.2) is 0 Å². The summed E-state index contributed by atoms with van der Waals surface area (Å²) in [4.78, 5) is 22.7. The molecule has 4 nitrogen and oxygen atoms in total. The Labute approximate surface area is 107 Å². The lowest BCUT2D eigenvalue weighted by molar-refractivity contribution is -0.157. The van der Waals surface area contributed by atoms with Crippen molar-refractivity contribution in [3.05, 3.63) is 23.3 Å². The van der Waals surface area contributed by atoms with E-state index in [0.717, 1.165) is 11.1 Å². The summed E-state index contributed by atoms with van der Waals surface area (Å²) in [5.41, 5.74) is 1.94. The van der Waals surface area contributed by atoms with Crippen molar-refractivity contribution in [2.75, 3.05) is 0 Å². The van der Waals surface area contributed by atoms with Gasteiger partial charge in [0, 0.05) is 5.92 Å². The van der Waals surface area contributed by atoms with Crippen molar-refractivity contribution in [3.63, 3.8) is 0 Å². The number of aliphatic carboxylic acids is 2. The Hall–Kier alpha value is -1.58. The maximum absolute atomic E-state index is 11.4. The van der Waals surface area contributed by atoms with Crippen LogP contribution in [-0.2, 0) is 9.59 Å². The minimum Gasteiger partial charge on any atom is -0.481 e. The minimum atomic E-state index is -1.04. The van der Waals surface area contributed by atoms with Crippen LogP contribution in [0.3, 0.4) is 0 Å². The highest BCUT2D eigenvalue weighted by atomic mass is 16.4. The number of carbonyl (C=O) groups is 2. The molecule has 100 valence electrons. The Kier molecular flexibility index (Phi) is 4.33. The van der Waals surface area contributed by atoms with Crippen molar-refractivity contribution < 1.29 is 19.8 Å². The molecule has 18 heavy (non-hydrogen) atoms. The zero-order chi connectivity index (χ0) is 14.0. The van der Waals surface area contributed by atoms with E-state index < -0.39 is 23.8 Å². The summed E-state index contributed by atoms with van der Waals surface area (Å²) in [5, 5.41) is 18.6. The van der Waals surface area contributed by atoms with Crippen molar-refractivity contribution in [1.82, 2.24) is 0 Å². The number of rotatable bonds is 3. The average Bonchev–Trinajstić information content (AvgIpc) is 2.20. The highest BCUT2D eigenvalue weighted by Crippen LogP contribution is 2.39. The van der Waals surface area contributed by atoms with E-state index in [2.05, 4.69) is 0 Å². The fraction of sp³-hybridized carbons (Fsp3) is 0.571. The van der Waals surface area contributed by atoms with Crippen molar-refractivity contribution in [3.8, 4) is 0 Å². The standard InChI is InChI=1S/C14H20O4/c1-7(2)5-10-6-8(3)9(4)11(13(15)16)12(10)14(17)18/h5-6,9-12H,1-4H3,(H,15,16)(H,17,18)/t9-,10-,11-,12-/m1/s1. The second-order valence-corrected chi connectivity index (χ2v) is 5.25. The molecule has 0 aromatic rings. The first-order valence-electron chi connectivity index (χ1n) is 6.04. The van der Waals surface area contributed by atoms with E-state index in [1.807, 2.05) is 32.9 Å². The van der Waals surface area contributed by atoms with Gasteiger partial charge in [0.1, 0.15) is 0 Å². The molecule has 0 saturated heterocycles. The molecular weight excluding hydrogens is 232 g/mol. The van der Waals surface area contributed by atoms with Crippen LogP contribution in [0, 0.1) is 23.7 Å². The van der Waals surface area contributed by atoms with Crippen LogP contribution in [-0.4, -0.2) is 22.2 Å². The normalized spacial score (nSPS) is 31.4. The molecule has 0 radical (unpaired) electrons. The third-order valence-corrected chi connectivity index (χ3v) is 3.61. The third kappa shape index (κ3) is 2.81. The minimum absolute atomic E-state index is 0.245. The van der Waals surface area contributed by atoms with Crippen LogP contribution in [0.2, 0.25) is 0 Å². The van der Waals surface area contributed by atoms with Gasteiger partial charge in [-0.2, -0.15) is 0 Å². The third-order valence-electron chi connectivity index (χ3n) is 3.61. The van der Waals surface area contributed by atoms with Crippen LogP contribution in [0.1, 0.15) is 27.7 Å². The van der Waals surface area contributed by atoms with Gasteiger partial charge in [-0.25, -0.2) is 0 Å². The molecule has 0 aliphatic heterocycles. The first-order chi connectivity index (χ1) is 8.25. The average molecular weight is 252 g/mol. The van der Waals surface area contributed by atoms with Gasteiger partial charge in [-0.1, -0.05) is 30.2 Å². The highest BCUT2D eigenvalue weighted by molar-refractivity contribution is 5.82. The van der Waals surface area contributed by atoms with Crippen LogP contribution in [0.25, 0.3) is 0 Å². The van der Waals surface area contributed by atoms with Crippen LogP contribution < -0.4 is 0 Å². The van der Waals surface area contributed by atoms with E-state index in [0.29, 0.717) is 0 Å². The lowest BCUT2D eigenvalue weighted by Gasteiger charge is -2.35. The molecule has 1 aliphatic carbocycles. The van der Waals surface area contributed by atoms with E-state index in [-0.39, 0.29) is 11.8 Å². The molecule has 1 rings (SSSR count). The maximum atomic E-state index is 11.4. The Balaban J connectivity index is 3.29. The quantitative estimate of drug-likeness (QED) is 0.757. The van der Waals surface area contributed by atoms with Gasteiger partial charge >= 0.3 is 11.9 Å². The maximum Gasteiger partial charge on any atom is 0.308 e. The van der Waals surface area contributed by atoms with Gasteiger partial charge in [-0.05, 0) is 26.7 Å². The first kappa shape index (κ1) is 14.5. The molecule has 1 aliphatic rings. The SMILES string of the molecule is CC(C)=C[C@@H]1C=C(C)[C@@H](C)[C@@H](C(=O)O)[C@@H]1C(=O)O. The molecule has 4 heteroatoms. The lowest BCUT2D eigenvalue weighted by Crippen LogP contribution is -2.41. The van der Waals surface area contributed by atoms with E-state index in [1.54, 1.807) is 6.92 Å². The van der Waals surface area contributed by atoms with E-state index >= 15 is 0 Å². The van der Waals surface area contributed by atoms with E-state index in [9.17, 15) is 19.8 Å². The summed E-state index contributed by atoms with van der Waals surface area (Å²) < 4.78 is 0. The molecular formula is C14H20O4. The van der Waals surface area contributed by atoms with Crippen molar-refractivity contribution in [1.29, 1.82) is 0 Å². The molecule has 0 heterocycles. The number of allylic oxidation sites excluding steroid dienone is 4. The van der Waals surface area contributed by atoms with Gasteiger partial charge in [0.05, 0.1) is 11.8 Å². The Bertz CT molecular complexity index is 416. The number of hydrogen-bond acceptors (Lipinski definition) is 2. The zero-order valence-electron chi connectivity index (χ0n) is 11.2. The molecule has 0 spiro atoms. The number of hydrogen-bond donors (Lipinski definition) is 2. The fourth-order valence-corrected chi connectivity index (χ4v) is 2.62. The predicted octanol–water partition coefficient (Wildman–Crippen LogP) is 2.57. The Morgan fingerprint density at radius 3 is 2.06 bits per heavy atom. The molecule has 0 aromatic carbocycles. The topological polar surface area (TPSA) is 74.6 Å². The first-order valence-corrected chi connectivity index (χ1v) is 6.04. The summed E-state index contributed by atoms with van der Waals surface area (Å²) in [6.07, 6.45) is 3.72. The summed E-state index contributed by atoms with van der Waals surface area (Å²) in [6, 6.07) is 0.